The molecule has 25 nitrogen and oxygen atoms in total. The van der Waals surface area contributed by atoms with E-state index >= 15 is 0 Å². The number of Topliss-reactive ketones (excluding diaryl/α,β-unsaturated/α-hetero) is 1. The van der Waals surface area contributed by atoms with E-state index in [1.54, 1.807) is 0 Å². The van der Waals surface area contributed by atoms with Gasteiger partial charge in [-0.05, 0) is 6.42 Å². The second-order valence-electron chi connectivity index (χ2n) is 17.0. The highest BCUT2D eigenvalue weighted by Gasteiger charge is 2.50. The zero-order valence-electron chi connectivity index (χ0n) is 38.6. The summed E-state index contributed by atoms with van der Waals surface area (Å²) in [5.74, 6) is -1.39. The van der Waals surface area contributed by atoms with Crippen LogP contribution in [0, 0.1) is 5.41 Å². The van der Waals surface area contributed by atoms with Crippen molar-refractivity contribution in [2.75, 3.05) is 37.8 Å². The topological polar surface area (TPSA) is 381 Å². The Morgan fingerprint density at radius 3 is 2.09 bits per heavy atom. The molecule has 0 aliphatic carbocycles. The smallest absolute Gasteiger partial charge is 0.386 e. The number of carbonyl (C=O) groups is 4. The third kappa shape index (κ3) is 21.7. The first-order valence-electron chi connectivity index (χ1n) is 22.5. The number of hydrogen-bond acceptors (Lipinski definition) is 19. The number of carbonyl (C=O) groups excluding carboxylic acids is 4. The average Bonchev–Trinajstić information content (AvgIpc) is 3.82. The minimum Gasteiger partial charge on any atom is -0.386 e. The Kier molecular flexibility index (Phi) is 25.3. The molecular formula is C39H68N7O18P3S. The lowest BCUT2D eigenvalue weighted by Crippen LogP contribution is -2.46. The zero-order chi connectivity index (χ0) is 50.5. The quantitative estimate of drug-likeness (QED) is 0.0266. The maximum Gasteiger partial charge on any atom is 0.481 e. The van der Waals surface area contributed by atoms with E-state index in [4.69, 9.17) is 19.5 Å². The normalized spacial score (nSPS) is 19.9. The number of aliphatic hydroxyl groups is 2. The Balaban J connectivity index is 1.31. The van der Waals surface area contributed by atoms with Crippen LogP contribution < -0.4 is 16.4 Å². The van der Waals surface area contributed by atoms with Crippen molar-refractivity contribution >= 4 is 74.9 Å². The predicted octanol–water partition coefficient (Wildman–Crippen LogP) is 4.11. The van der Waals surface area contributed by atoms with Gasteiger partial charge >= 0.3 is 23.5 Å². The van der Waals surface area contributed by atoms with Gasteiger partial charge < -0.3 is 50.9 Å². The molecule has 0 spiro atoms. The van der Waals surface area contributed by atoms with E-state index in [1.165, 1.54) is 71.6 Å². The van der Waals surface area contributed by atoms with E-state index in [0.29, 0.717) is 6.42 Å². The number of nitrogens with one attached hydrogen (secondary N) is 2. The molecular weight excluding hydrogens is 979 g/mol. The molecule has 7 atom stereocenters. The van der Waals surface area contributed by atoms with E-state index in [-0.39, 0.29) is 59.6 Å². The first-order chi connectivity index (χ1) is 31.9. The molecule has 1 aliphatic heterocycles. The van der Waals surface area contributed by atoms with Crippen molar-refractivity contribution in [2.24, 2.45) is 5.41 Å². The summed E-state index contributed by atoms with van der Waals surface area (Å²) in [4.78, 5) is 101. The average molecular weight is 1050 g/mol. The van der Waals surface area contributed by atoms with Gasteiger partial charge in [0, 0.05) is 37.1 Å². The SMILES string of the molecule is CCCCCCCCCCCCCCCC(=O)CC(=O)SCCNC(=O)CCNC(=O)[C@H](O)C(C)(C)COP(=O)(O)OP(=O)(O)OC[C@H]1O[C@@H](n2cnc3c(N)ncnc32)[C@H](O)[C@@H]1OP(=O)(O)O. The van der Waals surface area contributed by atoms with Gasteiger partial charge in [-0.1, -0.05) is 110 Å². The highest BCUT2D eigenvalue weighted by Crippen LogP contribution is 2.61. The van der Waals surface area contributed by atoms with Crippen LogP contribution >= 0.6 is 35.2 Å². The molecule has 3 rings (SSSR count). The molecule has 0 radical (unpaired) electrons. The van der Waals surface area contributed by atoms with Crippen LogP contribution in [0.4, 0.5) is 5.82 Å². The summed E-state index contributed by atoms with van der Waals surface area (Å²) in [5.41, 5.74) is 4.25. The monoisotopic (exact) mass is 1050 g/mol. The highest BCUT2D eigenvalue weighted by atomic mass is 32.2. The first-order valence-corrected chi connectivity index (χ1v) is 28.0. The van der Waals surface area contributed by atoms with Crippen molar-refractivity contribution in [1.29, 1.82) is 0 Å². The number of hydrogen-bond donors (Lipinski definition) is 9. The number of unbranched alkanes of at least 4 members (excludes halogenated alkanes) is 12. The molecule has 0 bridgehead atoms. The molecule has 3 heterocycles. The van der Waals surface area contributed by atoms with E-state index in [2.05, 4.69) is 41.3 Å². The van der Waals surface area contributed by atoms with Gasteiger partial charge in [0.1, 0.15) is 42.0 Å². The van der Waals surface area contributed by atoms with Gasteiger partial charge in [0.15, 0.2) is 22.8 Å². The molecule has 2 amide bonds. The van der Waals surface area contributed by atoms with Crippen LogP contribution in [0.15, 0.2) is 12.7 Å². The zero-order valence-corrected chi connectivity index (χ0v) is 42.1. The number of nitrogens with zero attached hydrogens (tertiary/aromatic N) is 4. The van der Waals surface area contributed by atoms with Crippen molar-refractivity contribution in [1.82, 2.24) is 30.2 Å². The summed E-state index contributed by atoms with van der Waals surface area (Å²) >= 11 is 0.940. The molecule has 1 saturated heterocycles. The van der Waals surface area contributed by atoms with Crippen molar-refractivity contribution in [2.45, 2.75) is 154 Å². The molecule has 2 aromatic rings. The summed E-state index contributed by atoms with van der Waals surface area (Å²) in [6.45, 7) is 2.57. The number of phosphoric acid groups is 3. The Labute approximate surface area is 399 Å². The fourth-order valence-electron chi connectivity index (χ4n) is 6.94. The molecule has 1 fully saturated rings. The molecule has 29 heteroatoms. The van der Waals surface area contributed by atoms with Crippen molar-refractivity contribution in [3.05, 3.63) is 12.7 Å². The number of nitrogens with two attached hydrogens (primary N) is 1. The van der Waals surface area contributed by atoms with Gasteiger partial charge in [0.25, 0.3) is 0 Å². The van der Waals surface area contributed by atoms with Crippen LogP contribution in [-0.2, 0) is 55.5 Å². The van der Waals surface area contributed by atoms with Gasteiger partial charge in [-0.2, -0.15) is 4.31 Å². The second kappa shape index (κ2) is 28.9. The molecule has 0 saturated carbocycles. The number of aliphatic hydroxyl groups excluding tert-OH is 2. The van der Waals surface area contributed by atoms with E-state index in [9.17, 15) is 62.7 Å². The predicted molar refractivity (Wildman–Crippen MR) is 247 cm³/mol. The molecule has 388 valence electrons. The van der Waals surface area contributed by atoms with Gasteiger partial charge in [-0.15, -0.1) is 0 Å². The summed E-state index contributed by atoms with van der Waals surface area (Å²) in [6.07, 6.45) is 8.77. The van der Waals surface area contributed by atoms with Crippen LogP contribution in [0.2, 0.25) is 0 Å². The third-order valence-electron chi connectivity index (χ3n) is 10.7. The largest absolute Gasteiger partial charge is 0.481 e. The Bertz CT molecular complexity index is 2080. The number of fused-ring (bicyclic) bond motifs is 1. The van der Waals surface area contributed by atoms with Crippen LogP contribution in [0.1, 0.15) is 130 Å². The standard InChI is InChI=1S/C39H68N7O18P3S/c1-4-5-6-7-8-9-10-11-12-13-14-15-16-17-27(47)22-30(49)68-21-20-41-29(48)18-19-42-37(52)34(51)39(2,3)24-61-67(58,59)64-66(56,57)60-23-28-33(63-65(53,54)55)32(50)38(62-28)46-26-45-31-35(40)43-25-44-36(31)46/h25-26,28,32-34,38,50-51H,4-24H2,1-3H3,(H,41,48)(H,42,52)(H,56,57)(H,58,59)(H2,40,43,44)(H2,53,54,55)/t28-,32-,33-,34+,38-/m1/s1. The highest BCUT2D eigenvalue weighted by molar-refractivity contribution is 8.13. The number of aromatic nitrogens is 4. The lowest BCUT2D eigenvalue weighted by molar-refractivity contribution is -0.137. The number of phosphoric ester groups is 3. The summed E-state index contributed by atoms with van der Waals surface area (Å²) in [7, 11) is -16.4. The van der Waals surface area contributed by atoms with Crippen LogP contribution in [0.3, 0.4) is 0 Å². The Hall–Kier alpha value is -2.77. The lowest BCUT2D eigenvalue weighted by atomic mass is 9.87. The number of nitrogen functional groups attached to an aromatic ring is 1. The number of rotatable bonds is 35. The number of thioether (sulfide) groups is 1. The maximum absolute atomic E-state index is 12.7. The maximum atomic E-state index is 12.7. The van der Waals surface area contributed by atoms with E-state index < -0.39 is 84.6 Å². The summed E-state index contributed by atoms with van der Waals surface area (Å²) < 4.78 is 62.4. The fraction of sp³-hybridized carbons (Fsp3) is 0.769. The van der Waals surface area contributed by atoms with Crippen molar-refractivity contribution in [3.63, 3.8) is 0 Å². The fourth-order valence-corrected chi connectivity index (χ4v) is 10.5. The molecule has 2 aromatic heterocycles. The van der Waals surface area contributed by atoms with Gasteiger partial charge in [-0.3, -0.25) is 37.3 Å². The number of amides is 2. The third-order valence-corrected chi connectivity index (χ3v) is 14.6. The molecule has 0 aromatic carbocycles. The molecule has 68 heavy (non-hydrogen) atoms. The first kappa shape index (κ1) is 59.5. The second-order valence-corrected chi connectivity index (χ2v) is 22.4. The molecule has 1 aliphatic rings. The minimum atomic E-state index is -5.59. The van der Waals surface area contributed by atoms with Gasteiger partial charge in [0.2, 0.25) is 11.8 Å². The number of anilines is 1. The number of ether oxygens (including phenoxy) is 1. The van der Waals surface area contributed by atoms with Crippen LogP contribution in [0.5, 0.6) is 0 Å². The van der Waals surface area contributed by atoms with Crippen molar-refractivity contribution in [3.8, 4) is 0 Å². The Morgan fingerprint density at radius 2 is 1.47 bits per heavy atom. The van der Waals surface area contributed by atoms with Gasteiger partial charge in [0.05, 0.1) is 26.0 Å². The summed E-state index contributed by atoms with van der Waals surface area (Å²) in [5, 5.41) is 26.2. The molecule has 2 unspecified atom stereocenters. The van der Waals surface area contributed by atoms with Crippen molar-refractivity contribution < 1.29 is 85.3 Å². The number of ketones is 1. The number of imidazole rings is 1. The minimum absolute atomic E-state index is 0.0264. The van der Waals surface area contributed by atoms with Gasteiger partial charge in [-0.25, -0.2) is 28.6 Å². The molecule has 10 N–H and O–H groups in total. The van der Waals surface area contributed by atoms with Crippen LogP contribution in [0.25, 0.3) is 11.2 Å². The van der Waals surface area contributed by atoms with E-state index in [0.717, 1.165) is 54.7 Å². The Morgan fingerprint density at radius 1 is 0.868 bits per heavy atom. The van der Waals surface area contributed by atoms with Crippen LogP contribution in [-0.4, -0.2) is 128 Å². The summed E-state index contributed by atoms with van der Waals surface area (Å²) in [6, 6.07) is 0. The lowest BCUT2D eigenvalue weighted by Gasteiger charge is -2.30. The van der Waals surface area contributed by atoms with E-state index in [1.807, 2.05) is 0 Å².